The highest BCUT2D eigenvalue weighted by Crippen LogP contribution is 2.37. The summed E-state index contributed by atoms with van der Waals surface area (Å²) in [6, 6.07) is 26.9. The number of fused-ring (bicyclic) bond motifs is 9. The van der Waals surface area contributed by atoms with E-state index in [-0.39, 0.29) is 0 Å². The summed E-state index contributed by atoms with van der Waals surface area (Å²) in [5, 5.41) is 4.12. The average molecular weight is 580 g/mol. The Bertz CT molecular complexity index is 2310. The average Bonchev–Trinajstić information content (AvgIpc) is 3.74. The van der Waals surface area contributed by atoms with Crippen LogP contribution < -0.4 is 0 Å². The zero-order valence-corrected chi connectivity index (χ0v) is 23.6. The third kappa shape index (κ3) is 3.31. The Morgan fingerprint density at radius 2 is 0.933 bits per heavy atom. The molecule has 210 valence electrons. The molecule has 45 heavy (non-hydrogen) atoms. The highest BCUT2D eigenvalue weighted by atomic mass is 15.1. The van der Waals surface area contributed by atoms with Gasteiger partial charge in [0.1, 0.15) is 11.3 Å². The molecule has 0 fully saturated rings. The van der Waals surface area contributed by atoms with Gasteiger partial charge in [-0.15, -0.1) is 0 Å². The van der Waals surface area contributed by atoms with Crippen LogP contribution in [0, 0.1) is 0 Å². The van der Waals surface area contributed by atoms with Crippen LogP contribution >= 0.6 is 0 Å². The van der Waals surface area contributed by atoms with E-state index in [0.29, 0.717) is 0 Å². The summed E-state index contributed by atoms with van der Waals surface area (Å²) in [6.07, 6.45) is 14.8. The van der Waals surface area contributed by atoms with Crippen LogP contribution in [0.1, 0.15) is 0 Å². The number of benzene rings is 1. The molecule has 10 aromatic rings. The molecule has 0 saturated carbocycles. The van der Waals surface area contributed by atoms with Crippen molar-refractivity contribution < 1.29 is 0 Å². The maximum absolute atomic E-state index is 4.86. The van der Waals surface area contributed by atoms with Crippen LogP contribution in [0.3, 0.4) is 0 Å². The van der Waals surface area contributed by atoms with E-state index in [0.717, 1.165) is 83.0 Å². The molecule has 0 aliphatic carbocycles. The molecule has 9 heterocycles. The molecule has 0 N–H and O–H groups in total. The van der Waals surface area contributed by atoms with Crippen LogP contribution in [0.25, 0.3) is 83.0 Å². The lowest BCUT2D eigenvalue weighted by Gasteiger charge is -2.16. The van der Waals surface area contributed by atoms with Crippen molar-refractivity contribution in [1.82, 2.24) is 43.6 Å². The second-order valence-corrected chi connectivity index (χ2v) is 11.0. The fraction of sp³-hybridized carbons (Fsp3) is 0. The molecule has 1 aromatic carbocycles. The molecule has 10 rings (SSSR count). The van der Waals surface area contributed by atoms with Crippen molar-refractivity contribution in [2.75, 3.05) is 0 Å². The Labute approximate surface area is 254 Å². The molecule has 0 aliphatic heterocycles. The van der Waals surface area contributed by atoms with E-state index in [4.69, 9.17) is 19.9 Å². The van der Waals surface area contributed by atoms with E-state index in [1.807, 2.05) is 86.0 Å². The largest absolute Gasteiger partial charge is 0.306 e. The van der Waals surface area contributed by atoms with Gasteiger partial charge in [0.05, 0.1) is 56.4 Å². The lowest BCUT2D eigenvalue weighted by molar-refractivity contribution is 1.07. The Morgan fingerprint density at radius 1 is 0.378 bits per heavy atom. The van der Waals surface area contributed by atoms with Gasteiger partial charge in [-0.05, 0) is 78.9 Å². The summed E-state index contributed by atoms with van der Waals surface area (Å²) in [5.41, 5.74) is 10.3. The molecule has 0 bridgehead atoms. The zero-order valence-electron chi connectivity index (χ0n) is 23.6. The smallest absolute Gasteiger partial charge is 0.147 e. The molecule has 0 amide bonds. The van der Waals surface area contributed by atoms with Gasteiger partial charge in [-0.25, -0.2) is 9.97 Å². The second kappa shape index (κ2) is 9.01. The fourth-order valence-electron chi connectivity index (χ4n) is 6.79. The Kier molecular flexibility index (Phi) is 4.81. The van der Waals surface area contributed by atoms with Gasteiger partial charge >= 0.3 is 0 Å². The highest BCUT2D eigenvalue weighted by Gasteiger charge is 2.20. The minimum Gasteiger partial charge on any atom is -0.306 e. The van der Waals surface area contributed by atoms with Crippen LogP contribution in [0.4, 0.5) is 0 Å². The van der Waals surface area contributed by atoms with E-state index in [1.54, 1.807) is 0 Å². The molecule has 0 saturated heterocycles. The number of nitrogens with zero attached hydrogens (tertiary/aromatic N) is 9. The van der Waals surface area contributed by atoms with E-state index in [2.05, 4.69) is 66.1 Å². The Hall–Kier alpha value is -6.48. The van der Waals surface area contributed by atoms with Gasteiger partial charge in [0.15, 0.2) is 0 Å². The number of pyridine rings is 6. The van der Waals surface area contributed by atoms with Crippen molar-refractivity contribution in [1.29, 1.82) is 0 Å². The van der Waals surface area contributed by atoms with Gasteiger partial charge in [-0.3, -0.25) is 29.1 Å². The van der Waals surface area contributed by atoms with E-state index in [1.165, 1.54) is 0 Å². The number of rotatable bonds is 3. The fourth-order valence-corrected chi connectivity index (χ4v) is 6.79. The van der Waals surface area contributed by atoms with Crippen molar-refractivity contribution in [3.63, 3.8) is 0 Å². The first kappa shape index (κ1) is 24.0. The van der Waals surface area contributed by atoms with E-state index >= 15 is 0 Å². The predicted octanol–water partition coefficient (Wildman–Crippen LogP) is 7.35. The zero-order chi connectivity index (χ0) is 29.5. The summed E-state index contributed by atoms with van der Waals surface area (Å²) >= 11 is 0. The van der Waals surface area contributed by atoms with Crippen LogP contribution in [-0.2, 0) is 0 Å². The van der Waals surface area contributed by atoms with Gasteiger partial charge in [0.2, 0.25) is 0 Å². The summed E-state index contributed by atoms with van der Waals surface area (Å²) < 4.78 is 6.64. The van der Waals surface area contributed by atoms with Gasteiger partial charge in [0.25, 0.3) is 0 Å². The molecular formula is C36H21N9. The highest BCUT2D eigenvalue weighted by molar-refractivity contribution is 6.09. The van der Waals surface area contributed by atoms with Crippen molar-refractivity contribution in [2.45, 2.75) is 0 Å². The lowest BCUT2D eigenvalue weighted by Crippen LogP contribution is -2.04. The van der Waals surface area contributed by atoms with Gasteiger partial charge < -0.3 is 4.57 Å². The topological polar surface area (TPSA) is 92.1 Å². The second-order valence-electron chi connectivity index (χ2n) is 11.0. The van der Waals surface area contributed by atoms with Crippen molar-refractivity contribution in [2.24, 2.45) is 0 Å². The summed E-state index contributed by atoms with van der Waals surface area (Å²) in [6.45, 7) is 0. The molecule has 0 unspecified atom stereocenters. The van der Waals surface area contributed by atoms with Crippen LogP contribution in [-0.4, -0.2) is 43.6 Å². The molecule has 0 aliphatic rings. The SMILES string of the molecule is c1cnc2c(c1)c1cnccc1n2-c1cc(-n2c3cnccc3c3ncccc32)cc(-n2c3cccnc3c3cccnc32)c1. The summed E-state index contributed by atoms with van der Waals surface area (Å²) in [4.78, 5) is 28.2. The number of hydrogen-bond donors (Lipinski definition) is 0. The van der Waals surface area contributed by atoms with Crippen LogP contribution in [0.5, 0.6) is 0 Å². The van der Waals surface area contributed by atoms with Crippen LogP contribution in [0.2, 0.25) is 0 Å². The van der Waals surface area contributed by atoms with Gasteiger partial charge in [0, 0.05) is 64.9 Å². The maximum Gasteiger partial charge on any atom is 0.147 e. The molecule has 9 heteroatoms. The molecule has 0 atom stereocenters. The first-order valence-electron chi connectivity index (χ1n) is 14.6. The molecule has 9 nitrogen and oxygen atoms in total. The first-order chi connectivity index (χ1) is 22.3. The summed E-state index contributed by atoms with van der Waals surface area (Å²) in [7, 11) is 0. The van der Waals surface area contributed by atoms with Crippen LogP contribution in [0.15, 0.2) is 128 Å². The normalized spacial score (nSPS) is 12.0. The molecule has 0 radical (unpaired) electrons. The van der Waals surface area contributed by atoms with Crippen molar-refractivity contribution >= 4 is 65.9 Å². The molecule has 9 aromatic heterocycles. The van der Waals surface area contributed by atoms with E-state index < -0.39 is 0 Å². The molecule has 0 spiro atoms. The predicted molar refractivity (Wildman–Crippen MR) is 176 cm³/mol. The van der Waals surface area contributed by atoms with Gasteiger partial charge in [-0.1, -0.05) is 0 Å². The minimum absolute atomic E-state index is 0.837. The summed E-state index contributed by atoms with van der Waals surface area (Å²) in [5.74, 6) is 0. The van der Waals surface area contributed by atoms with Crippen molar-refractivity contribution in [3.8, 4) is 17.1 Å². The molecular weight excluding hydrogens is 558 g/mol. The maximum atomic E-state index is 4.86. The van der Waals surface area contributed by atoms with Gasteiger partial charge in [-0.2, -0.15) is 0 Å². The van der Waals surface area contributed by atoms with E-state index in [9.17, 15) is 0 Å². The number of hydrogen-bond acceptors (Lipinski definition) is 6. The monoisotopic (exact) mass is 579 g/mol. The Balaban J connectivity index is 1.38. The standard InChI is InChI=1S/C36H21N9/c1-5-25-28-20-37-16-10-29(28)44(35(25)41-13-1)23-17-22(43-30-7-3-11-39-33(30)26-9-15-38-21-32(26)43)18-24(19-23)45-31-8-4-12-40-34(31)27-6-2-14-42-36(27)45/h1-21H. The Morgan fingerprint density at radius 3 is 1.71 bits per heavy atom. The first-order valence-corrected chi connectivity index (χ1v) is 14.6. The third-order valence-corrected chi connectivity index (χ3v) is 8.59. The minimum atomic E-state index is 0.837. The lowest BCUT2D eigenvalue weighted by atomic mass is 10.2. The number of aromatic nitrogens is 9. The van der Waals surface area contributed by atoms with Crippen molar-refractivity contribution in [3.05, 3.63) is 128 Å². The third-order valence-electron chi connectivity index (χ3n) is 8.59. The quantitative estimate of drug-likeness (QED) is 0.217.